The third kappa shape index (κ3) is 5.06. The first-order chi connectivity index (χ1) is 12.5. The van der Waals surface area contributed by atoms with Gasteiger partial charge in [-0.2, -0.15) is 0 Å². The Bertz CT molecular complexity index is 1030. The first kappa shape index (κ1) is 20.9. The first-order valence-electron chi connectivity index (χ1n) is 7.39. The maximum absolute atomic E-state index is 12.6. The second-order valence-corrected chi connectivity index (χ2v) is 8.01. The minimum atomic E-state index is -4.08. The smallest absolute Gasteiger partial charge is 0.372 e. The number of ketones is 2. The molecule has 10 heteroatoms. The van der Waals surface area contributed by atoms with Gasteiger partial charge in [0.25, 0.3) is 10.0 Å². The fourth-order valence-corrected chi connectivity index (χ4v) is 4.55. The minimum absolute atomic E-state index is 0.0104. The van der Waals surface area contributed by atoms with E-state index in [-0.39, 0.29) is 26.2 Å². The Morgan fingerprint density at radius 2 is 1.78 bits per heavy atom. The van der Waals surface area contributed by atoms with Crippen LogP contribution in [0.1, 0.15) is 22.3 Å². The van der Waals surface area contributed by atoms with Gasteiger partial charge in [-0.1, -0.05) is 35.3 Å². The molecule has 0 atom stereocenters. The summed E-state index contributed by atoms with van der Waals surface area (Å²) in [5.41, 5.74) is 0.372. The summed E-state index contributed by atoms with van der Waals surface area (Å²) in [6.45, 7) is 1.53. The van der Waals surface area contributed by atoms with Gasteiger partial charge in [0, 0.05) is 16.3 Å². The molecule has 0 saturated heterocycles. The van der Waals surface area contributed by atoms with E-state index in [0.29, 0.717) is 5.56 Å². The summed E-state index contributed by atoms with van der Waals surface area (Å²) in [6.07, 6.45) is -0.826. The van der Waals surface area contributed by atoms with Gasteiger partial charge >= 0.3 is 5.97 Å². The van der Waals surface area contributed by atoms with Crippen LogP contribution in [0.5, 0.6) is 0 Å². The van der Waals surface area contributed by atoms with Crippen molar-refractivity contribution in [3.05, 3.63) is 57.6 Å². The predicted octanol–water partition coefficient (Wildman–Crippen LogP) is 3.33. The highest BCUT2D eigenvalue weighted by atomic mass is 35.5. The van der Waals surface area contributed by atoms with Crippen molar-refractivity contribution >= 4 is 56.4 Å². The lowest BCUT2D eigenvalue weighted by atomic mass is 10.1. The predicted molar refractivity (Wildman–Crippen MR) is 100 cm³/mol. The number of rotatable bonds is 7. The molecule has 0 unspecified atom stereocenters. The maximum atomic E-state index is 12.6. The van der Waals surface area contributed by atoms with Gasteiger partial charge in [0.05, 0.1) is 11.4 Å². The molecule has 142 valence electrons. The Labute approximate surface area is 165 Å². The van der Waals surface area contributed by atoms with Crippen molar-refractivity contribution in [1.29, 1.82) is 0 Å². The normalized spacial score (nSPS) is 11.1. The Kier molecular flexibility index (Phi) is 6.25. The van der Waals surface area contributed by atoms with Gasteiger partial charge < -0.3 is 5.11 Å². The molecular weight excluding hydrogens is 417 g/mol. The molecule has 0 spiro atoms. The van der Waals surface area contributed by atoms with E-state index in [1.54, 1.807) is 0 Å². The van der Waals surface area contributed by atoms with Crippen LogP contribution in [-0.2, 0) is 19.6 Å². The van der Waals surface area contributed by atoms with Gasteiger partial charge in [0.2, 0.25) is 5.78 Å². The second kappa shape index (κ2) is 8.08. The third-order valence-electron chi connectivity index (χ3n) is 3.46. The molecule has 0 radical (unpaired) electrons. The number of carbonyl (C=O) groups excluding carboxylic acids is 2. The molecule has 2 aromatic rings. The van der Waals surface area contributed by atoms with Gasteiger partial charge in [-0.3, -0.25) is 14.3 Å². The number of halogens is 2. The zero-order valence-corrected chi connectivity index (χ0v) is 16.2. The molecule has 0 saturated carbocycles. The summed E-state index contributed by atoms with van der Waals surface area (Å²) in [5.74, 6) is -3.72. The number of carbonyl (C=O) groups is 3. The fourth-order valence-electron chi connectivity index (χ4n) is 2.32. The van der Waals surface area contributed by atoms with E-state index in [0.717, 1.165) is 0 Å². The molecule has 0 aliphatic carbocycles. The van der Waals surface area contributed by atoms with E-state index in [2.05, 4.69) is 4.72 Å². The Morgan fingerprint density at radius 3 is 2.37 bits per heavy atom. The van der Waals surface area contributed by atoms with Crippen molar-refractivity contribution in [1.82, 2.24) is 0 Å². The second-order valence-electron chi connectivity index (χ2n) is 5.55. The molecule has 0 bridgehead atoms. The Hall–Kier alpha value is -2.42. The van der Waals surface area contributed by atoms with E-state index in [9.17, 15) is 22.8 Å². The van der Waals surface area contributed by atoms with Gasteiger partial charge in [0.1, 0.15) is 4.90 Å². The molecule has 2 rings (SSSR count). The SMILES string of the molecule is Cc1cc(Cl)cc(Cl)c1S(=O)(=O)Nc1cccc(C(=O)CC(=O)C(=O)O)c1. The molecule has 7 nitrogen and oxygen atoms in total. The average molecular weight is 430 g/mol. The van der Waals surface area contributed by atoms with Crippen LogP contribution in [0.2, 0.25) is 10.0 Å². The molecule has 0 aromatic heterocycles. The number of hydrogen-bond acceptors (Lipinski definition) is 5. The van der Waals surface area contributed by atoms with Gasteiger partial charge in [-0.05, 0) is 36.8 Å². The van der Waals surface area contributed by atoms with Crippen LogP contribution in [-0.4, -0.2) is 31.1 Å². The number of sulfonamides is 1. The van der Waals surface area contributed by atoms with Gasteiger partial charge in [-0.25, -0.2) is 13.2 Å². The fraction of sp³-hybridized carbons (Fsp3) is 0.118. The number of hydrogen-bond donors (Lipinski definition) is 2. The highest BCUT2D eigenvalue weighted by molar-refractivity contribution is 7.92. The maximum Gasteiger partial charge on any atom is 0.372 e. The summed E-state index contributed by atoms with van der Waals surface area (Å²) in [7, 11) is -4.08. The van der Waals surface area contributed by atoms with E-state index in [1.807, 2.05) is 0 Å². The van der Waals surface area contributed by atoms with Gasteiger partial charge in [-0.15, -0.1) is 0 Å². The molecule has 0 heterocycles. The third-order valence-corrected chi connectivity index (χ3v) is 5.67. The zero-order valence-electron chi connectivity index (χ0n) is 13.8. The zero-order chi connectivity index (χ0) is 20.4. The van der Waals surface area contributed by atoms with Crippen molar-refractivity contribution in [2.45, 2.75) is 18.2 Å². The number of nitrogens with one attached hydrogen (secondary N) is 1. The lowest BCUT2D eigenvalue weighted by Crippen LogP contribution is -2.18. The van der Waals surface area contributed by atoms with Crippen molar-refractivity contribution < 1.29 is 27.9 Å². The molecule has 0 amide bonds. The topological polar surface area (TPSA) is 118 Å². The molecule has 0 aliphatic rings. The molecular formula is C17H13Cl2NO6S. The standard InChI is InChI=1S/C17H13Cl2NO6S/c1-9-5-11(18)7-13(19)16(9)27(25,26)20-12-4-2-3-10(6-12)14(21)8-15(22)17(23)24/h2-7,20H,8H2,1H3,(H,23,24). The van der Waals surface area contributed by atoms with Crippen LogP contribution in [0.3, 0.4) is 0 Å². The molecule has 0 aliphatic heterocycles. The molecule has 27 heavy (non-hydrogen) atoms. The first-order valence-corrected chi connectivity index (χ1v) is 9.63. The van der Waals surface area contributed by atoms with Gasteiger partial charge in [0.15, 0.2) is 5.78 Å². The molecule has 2 N–H and O–H groups in total. The lowest BCUT2D eigenvalue weighted by molar-refractivity contribution is -0.148. The number of benzene rings is 2. The van der Waals surface area contributed by atoms with Crippen molar-refractivity contribution in [2.24, 2.45) is 0 Å². The average Bonchev–Trinajstić information content (AvgIpc) is 2.52. The Morgan fingerprint density at radius 1 is 1.11 bits per heavy atom. The van der Waals surface area contributed by atoms with Crippen LogP contribution >= 0.6 is 23.2 Å². The summed E-state index contributed by atoms with van der Waals surface area (Å²) >= 11 is 11.8. The minimum Gasteiger partial charge on any atom is -0.475 e. The number of carboxylic acid groups (broad SMARTS) is 1. The number of anilines is 1. The van der Waals surface area contributed by atoms with E-state index < -0.39 is 34.0 Å². The van der Waals surface area contributed by atoms with E-state index in [1.165, 1.54) is 43.3 Å². The Balaban J connectivity index is 2.32. The largest absolute Gasteiger partial charge is 0.475 e. The quantitative estimate of drug-likeness (QED) is 0.395. The van der Waals surface area contributed by atoms with Crippen LogP contribution in [0.25, 0.3) is 0 Å². The highest BCUT2D eigenvalue weighted by Gasteiger charge is 2.22. The van der Waals surface area contributed by atoms with Crippen molar-refractivity contribution in [2.75, 3.05) is 4.72 Å². The summed E-state index contributed by atoms with van der Waals surface area (Å²) in [4.78, 5) is 33.6. The van der Waals surface area contributed by atoms with E-state index in [4.69, 9.17) is 28.3 Å². The summed E-state index contributed by atoms with van der Waals surface area (Å²) < 4.78 is 27.6. The number of Topliss-reactive ketones (excluding diaryl/α,β-unsaturated/α-hetero) is 2. The highest BCUT2D eigenvalue weighted by Crippen LogP contribution is 2.30. The van der Waals surface area contributed by atoms with Crippen LogP contribution in [0, 0.1) is 6.92 Å². The number of carboxylic acids is 1. The number of aliphatic carboxylic acids is 1. The van der Waals surface area contributed by atoms with Crippen LogP contribution in [0.4, 0.5) is 5.69 Å². The van der Waals surface area contributed by atoms with Crippen molar-refractivity contribution in [3.8, 4) is 0 Å². The van der Waals surface area contributed by atoms with Crippen LogP contribution in [0.15, 0.2) is 41.3 Å². The monoisotopic (exact) mass is 429 g/mol. The summed E-state index contributed by atoms with van der Waals surface area (Å²) in [6, 6.07) is 8.07. The molecule has 2 aromatic carbocycles. The van der Waals surface area contributed by atoms with E-state index >= 15 is 0 Å². The van der Waals surface area contributed by atoms with Crippen LogP contribution < -0.4 is 4.72 Å². The number of aryl methyl sites for hydroxylation is 1. The van der Waals surface area contributed by atoms with Crippen molar-refractivity contribution in [3.63, 3.8) is 0 Å². The molecule has 0 fully saturated rings. The lowest BCUT2D eigenvalue weighted by Gasteiger charge is -2.13. The summed E-state index contributed by atoms with van der Waals surface area (Å²) in [5, 5.41) is 8.79.